The summed E-state index contributed by atoms with van der Waals surface area (Å²) in [6.07, 6.45) is 2.06. The van der Waals surface area contributed by atoms with Crippen LogP contribution in [0.4, 0.5) is 0 Å². The Bertz CT molecular complexity index is 1390. The molecule has 0 nitrogen and oxygen atoms in total. The van der Waals surface area contributed by atoms with Crippen LogP contribution in [0, 0.1) is 18.9 Å². The van der Waals surface area contributed by atoms with E-state index >= 15 is 0 Å². The third kappa shape index (κ3) is 7.88. The summed E-state index contributed by atoms with van der Waals surface area (Å²) in [6, 6.07) is 44.8. The maximum Gasteiger partial charge on any atom is 4.00 e. The number of rotatable bonds is 5. The van der Waals surface area contributed by atoms with E-state index in [1.54, 1.807) is 0 Å². The van der Waals surface area contributed by atoms with Gasteiger partial charge in [-0.15, -0.1) is 11.1 Å². The van der Waals surface area contributed by atoms with E-state index in [1.807, 2.05) is 30.3 Å². The fourth-order valence-corrected chi connectivity index (χ4v) is 5.31. The molecule has 39 heavy (non-hydrogen) atoms. The number of halogens is 2. The van der Waals surface area contributed by atoms with Crippen molar-refractivity contribution in [3.8, 4) is 22.3 Å². The Labute approximate surface area is 266 Å². The van der Waals surface area contributed by atoms with Gasteiger partial charge in [-0.3, -0.25) is 0 Å². The first kappa shape index (κ1) is 32.9. The van der Waals surface area contributed by atoms with Crippen LogP contribution in [0.25, 0.3) is 22.3 Å². The third-order valence-corrected chi connectivity index (χ3v) is 7.56. The van der Waals surface area contributed by atoms with Crippen LogP contribution in [0.15, 0.2) is 115 Å². The Balaban J connectivity index is 0.000000603. The van der Waals surface area contributed by atoms with Gasteiger partial charge in [0.2, 0.25) is 0 Å². The second kappa shape index (κ2) is 15.5. The third-order valence-electron chi connectivity index (χ3n) is 7.56. The molecule has 5 aromatic rings. The first-order valence-electron chi connectivity index (χ1n) is 13.0. The molecule has 0 aromatic heterocycles. The Kier molecular flexibility index (Phi) is 13.1. The summed E-state index contributed by atoms with van der Waals surface area (Å²) >= 11 is 0. The van der Waals surface area contributed by atoms with Gasteiger partial charge < -0.3 is 24.8 Å². The van der Waals surface area contributed by atoms with E-state index < -0.39 is 0 Å². The zero-order valence-electron chi connectivity index (χ0n) is 22.8. The van der Waals surface area contributed by atoms with Crippen molar-refractivity contribution in [1.29, 1.82) is 0 Å². The minimum Gasteiger partial charge on any atom is -1.00 e. The molecule has 1 aliphatic rings. The SMILES string of the molecule is Cc1cc2c(cc1-c1ccccc1)-c1ccc(CC(C)C(C)c3ccccc3)[c-]c1C2.[Cl-].[Cl-].[Zr+4].c1cc[cH-]c1. The van der Waals surface area contributed by atoms with Crippen molar-refractivity contribution < 1.29 is 51.0 Å². The Hall–Kier alpha value is -2.31. The smallest absolute Gasteiger partial charge is 1.00 e. The van der Waals surface area contributed by atoms with Gasteiger partial charge in [-0.25, -0.2) is 12.1 Å². The van der Waals surface area contributed by atoms with Crippen molar-refractivity contribution in [3.63, 3.8) is 0 Å². The topological polar surface area (TPSA) is 0 Å². The van der Waals surface area contributed by atoms with E-state index in [0.717, 1.165) is 12.8 Å². The van der Waals surface area contributed by atoms with Gasteiger partial charge >= 0.3 is 26.2 Å². The zero-order valence-corrected chi connectivity index (χ0v) is 26.8. The molecule has 0 saturated heterocycles. The normalized spacial score (nSPS) is 12.2. The number of aryl methyl sites for hydroxylation is 1. The number of hydrogen-bond donors (Lipinski definition) is 0. The van der Waals surface area contributed by atoms with E-state index in [2.05, 4.69) is 112 Å². The van der Waals surface area contributed by atoms with Gasteiger partial charge in [0, 0.05) is 0 Å². The average molecular weight is 629 g/mol. The van der Waals surface area contributed by atoms with Crippen molar-refractivity contribution in [2.45, 2.75) is 39.5 Å². The van der Waals surface area contributed by atoms with Crippen molar-refractivity contribution in [3.05, 3.63) is 149 Å². The van der Waals surface area contributed by atoms with Crippen LogP contribution < -0.4 is 24.8 Å². The van der Waals surface area contributed by atoms with E-state index in [4.69, 9.17) is 0 Å². The van der Waals surface area contributed by atoms with Gasteiger partial charge in [0.15, 0.2) is 0 Å². The number of hydrogen-bond acceptors (Lipinski definition) is 0. The Morgan fingerprint density at radius 1 is 0.744 bits per heavy atom. The minimum atomic E-state index is 0. The van der Waals surface area contributed by atoms with Crippen LogP contribution >= 0.6 is 0 Å². The van der Waals surface area contributed by atoms with Gasteiger partial charge in [0.25, 0.3) is 0 Å². The summed E-state index contributed by atoms with van der Waals surface area (Å²) in [5.74, 6) is 1.11. The molecule has 0 N–H and O–H groups in total. The number of fused-ring (bicyclic) bond motifs is 3. The Morgan fingerprint density at radius 3 is 2.00 bits per heavy atom. The van der Waals surface area contributed by atoms with Gasteiger partial charge in [0.05, 0.1) is 0 Å². The van der Waals surface area contributed by atoms with Crippen LogP contribution in [0.3, 0.4) is 0 Å². The fourth-order valence-electron chi connectivity index (χ4n) is 5.31. The van der Waals surface area contributed by atoms with Gasteiger partial charge in [0.1, 0.15) is 0 Å². The van der Waals surface area contributed by atoms with E-state index in [-0.39, 0.29) is 51.0 Å². The van der Waals surface area contributed by atoms with Crippen molar-refractivity contribution in [2.24, 2.45) is 5.92 Å². The van der Waals surface area contributed by atoms with Crippen LogP contribution in [-0.2, 0) is 39.0 Å². The monoisotopic (exact) mass is 626 g/mol. The molecule has 2 unspecified atom stereocenters. The largest absolute Gasteiger partial charge is 4.00 e. The molecule has 0 radical (unpaired) electrons. The van der Waals surface area contributed by atoms with Crippen molar-refractivity contribution >= 4 is 0 Å². The minimum absolute atomic E-state index is 0. The van der Waals surface area contributed by atoms with E-state index in [9.17, 15) is 0 Å². The van der Waals surface area contributed by atoms with Crippen LogP contribution in [0.2, 0.25) is 0 Å². The van der Waals surface area contributed by atoms with Crippen LogP contribution in [0.5, 0.6) is 0 Å². The van der Waals surface area contributed by atoms with Gasteiger partial charge in [-0.05, 0) is 59.4 Å². The fraction of sp³-hybridized carbons (Fsp3) is 0.194. The molecular weight excluding hydrogens is 595 g/mol. The molecule has 0 fully saturated rings. The van der Waals surface area contributed by atoms with Crippen LogP contribution in [0.1, 0.15) is 47.6 Å². The first-order valence-corrected chi connectivity index (χ1v) is 13.0. The molecule has 3 heteroatoms. The Morgan fingerprint density at radius 2 is 1.38 bits per heavy atom. The van der Waals surface area contributed by atoms with E-state index in [0.29, 0.717) is 11.8 Å². The molecule has 0 spiro atoms. The summed E-state index contributed by atoms with van der Waals surface area (Å²) in [4.78, 5) is 0. The first-order chi connectivity index (χ1) is 17.6. The molecule has 6 rings (SSSR count). The summed E-state index contributed by atoms with van der Waals surface area (Å²) in [6.45, 7) is 6.94. The number of benzene rings is 4. The molecule has 0 saturated carbocycles. The predicted molar refractivity (Wildman–Crippen MR) is 153 cm³/mol. The molecule has 0 amide bonds. The van der Waals surface area contributed by atoms with Gasteiger partial charge in [-0.1, -0.05) is 92.2 Å². The molecule has 1 aliphatic carbocycles. The van der Waals surface area contributed by atoms with Crippen molar-refractivity contribution in [2.75, 3.05) is 0 Å². The second-order valence-corrected chi connectivity index (χ2v) is 10.1. The zero-order chi connectivity index (χ0) is 24.9. The molecule has 5 aromatic carbocycles. The standard InChI is InChI=1S/C31H29.C5H5.2ClH.Zr/c1-21(23(3)25-10-6-4-7-11-25)16-24-14-15-29-28(18-24)19-27-17-22(2)30(20-31(27)29)26-12-8-5-9-13-26;1-2-4-5-3-1;;;/h4-15,17,20-21,23H,16,19H2,1-3H3;1-5H;2*1H;/q2*-1;;;+4/p-2. The predicted octanol–water partition coefficient (Wildman–Crippen LogP) is 3.43. The summed E-state index contributed by atoms with van der Waals surface area (Å²) in [5.41, 5.74) is 12.3. The maximum absolute atomic E-state index is 3.79. The average Bonchev–Trinajstić information content (AvgIpc) is 3.60. The van der Waals surface area contributed by atoms with Crippen LogP contribution in [-0.4, -0.2) is 0 Å². The second-order valence-electron chi connectivity index (χ2n) is 10.1. The summed E-state index contributed by atoms with van der Waals surface area (Å²) < 4.78 is 0. The molecule has 0 aliphatic heterocycles. The summed E-state index contributed by atoms with van der Waals surface area (Å²) in [5, 5.41) is 0. The van der Waals surface area contributed by atoms with Crippen molar-refractivity contribution in [1.82, 2.24) is 0 Å². The maximum atomic E-state index is 3.79. The molecule has 0 heterocycles. The quantitative estimate of drug-likeness (QED) is 0.257. The molecule has 0 bridgehead atoms. The molecular formula is C36H34Cl2Zr. The molecule has 2 atom stereocenters. The molecule has 196 valence electrons. The summed E-state index contributed by atoms with van der Waals surface area (Å²) in [7, 11) is 0. The van der Waals surface area contributed by atoms with Gasteiger partial charge in [-0.2, -0.15) is 42.0 Å². The van der Waals surface area contributed by atoms with E-state index in [1.165, 1.54) is 50.1 Å².